The standard InChI is InChI=1S/C12H18N2O/c1-9(2)7-12(15)14-8-11-10(3)5-4-6-13-11/h4-6,9H,7-8H2,1-3H3,(H,14,15). The summed E-state index contributed by atoms with van der Waals surface area (Å²) in [6.07, 6.45) is 2.32. The molecule has 0 aliphatic carbocycles. The molecule has 0 unspecified atom stereocenters. The first kappa shape index (κ1) is 11.7. The van der Waals surface area contributed by atoms with E-state index in [4.69, 9.17) is 0 Å². The van der Waals surface area contributed by atoms with E-state index in [1.165, 1.54) is 0 Å². The number of pyridine rings is 1. The topological polar surface area (TPSA) is 42.0 Å². The monoisotopic (exact) mass is 206 g/mol. The molecule has 0 atom stereocenters. The zero-order valence-corrected chi connectivity index (χ0v) is 9.58. The minimum absolute atomic E-state index is 0.0926. The highest BCUT2D eigenvalue weighted by molar-refractivity contribution is 5.76. The molecule has 3 heteroatoms. The molecule has 0 radical (unpaired) electrons. The smallest absolute Gasteiger partial charge is 0.220 e. The molecule has 1 aromatic rings. The number of hydrogen-bond acceptors (Lipinski definition) is 2. The maximum atomic E-state index is 11.4. The van der Waals surface area contributed by atoms with E-state index in [9.17, 15) is 4.79 Å². The lowest BCUT2D eigenvalue weighted by Gasteiger charge is -2.08. The third-order valence-corrected chi connectivity index (χ3v) is 2.16. The summed E-state index contributed by atoms with van der Waals surface area (Å²) in [5, 5.41) is 2.87. The van der Waals surface area contributed by atoms with Gasteiger partial charge in [0.2, 0.25) is 5.91 Å². The molecule has 0 bridgehead atoms. The first-order chi connectivity index (χ1) is 7.09. The molecule has 0 saturated carbocycles. The molecule has 82 valence electrons. The highest BCUT2D eigenvalue weighted by Gasteiger charge is 2.05. The molecular formula is C12H18N2O. The van der Waals surface area contributed by atoms with Crippen LogP contribution in [0.25, 0.3) is 0 Å². The Labute approximate surface area is 90.9 Å². The number of nitrogens with one attached hydrogen (secondary N) is 1. The van der Waals surface area contributed by atoms with Crippen molar-refractivity contribution in [2.75, 3.05) is 0 Å². The quantitative estimate of drug-likeness (QED) is 0.819. The molecule has 15 heavy (non-hydrogen) atoms. The van der Waals surface area contributed by atoms with Crippen LogP contribution in [0.15, 0.2) is 18.3 Å². The van der Waals surface area contributed by atoms with Crippen LogP contribution in [0.4, 0.5) is 0 Å². The molecule has 1 rings (SSSR count). The second-order valence-electron chi connectivity index (χ2n) is 4.14. The zero-order valence-electron chi connectivity index (χ0n) is 9.58. The molecule has 0 aromatic carbocycles. The van der Waals surface area contributed by atoms with Crippen molar-refractivity contribution in [1.82, 2.24) is 10.3 Å². The van der Waals surface area contributed by atoms with Gasteiger partial charge in [-0.1, -0.05) is 19.9 Å². The maximum absolute atomic E-state index is 11.4. The molecule has 0 aliphatic heterocycles. The molecule has 0 aliphatic rings. The molecule has 1 aromatic heterocycles. The number of amides is 1. The highest BCUT2D eigenvalue weighted by Crippen LogP contribution is 2.03. The Morgan fingerprint density at radius 1 is 1.53 bits per heavy atom. The second kappa shape index (κ2) is 5.49. The van der Waals surface area contributed by atoms with Crippen LogP contribution < -0.4 is 5.32 Å². The zero-order chi connectivity index (χ0) is 11.3. The first-order valence-corrected chi connectivity index (χ1v) is 5.26. The lowest BCUT2D eigenvalue weighted by Crippen LogP contribution is -2.24. The van der Waals surface area contributed by atoms with Crippen molar-refractivity contribution in [3.05, 3.63) is 29.6 Å². The van der Waals surface area contributed by atoms with Crippen LogP contribution in [0.3, 0.4) is 0 Å². The van der Waals surface area contributed by atoms with Crippen molar-refractivity contribution in [3.63, 3.8) is 0 Å². The maximum Gasteiger partial charge on any atom is 0.220 e. The second-order valence-corrected chi connectivity index (χ2v) is 4.14. The highest BCUT2D eigenvalue weighted by atomic mass is 16.1. The average Bonchev–Trinajstić information content (AvgIpc) is 2.15. The van der Waals surface area contributed by atoms with Crippen molar-refractivity contribution < 1.29 is 4.79 Å². The Bertz CT molecular complexity index is 334. The Hall–Kier alpha value is -1.38. The summed E-state index contributed by atoms with van der Waals surface area (Å²) in [5.74, 6) is 0.491. The normalized spacial score (nSPS) is 10.4. The summed E-state index contributed by atoms with van der Waals surface area (Å²) in [6.45, 7) is 6.59. The van der Waals surface area contributed by atoms with Crippen molar-refractivity contribution in [1.29, 1.82) is 0 Å². The fourth-order valence-corrected chi connectivity index (χ4v) is 1.33. The average molecular weight is 206 g/mol. The van der Waals surface area contributed by atoms with E-state index >= 15 is 0 Å². The molecule has 1 heterocycles. The molecule has 0 fully saturated rings. The van der Waals surface area contributed by atoms with Crippen LogP contribution in [0.2, 0.25) is 0 Å². The Kier molecular flexibility index (Phi) is 4.28. The summed E-state index contributed by atoms with van der Waals surface area (Å²) in [7, 11) is 0. The van der Waals surface area contributed by atoms with Gasteiger partial charge in [0.25, 0.3) is 0 Å². The number of carbonyl (C=O) groups excluding carboxylic acids is 1. The van der Waals surface area contributed by atoms with E-state index in [1.807, 2.05) is 32.9 Å². The van der Waals surface area contributed by atoms with Crippen LogP contribution in [0, 0.1) is 12.8 Å². The van der Waals surface area contributed by atoms with Gasteiger partial charge in [-0.05, 0) is 24.5 Å². The summed E-state index contributed by atoms with van der Waals surface area (Å²) < 4.78 is 0. The third kappa shape index (κ3) is 4.11. The number of rotatable bonds is 4. The Balaban J connectivity index is 2.44. The van der Waals surface area contributed by atoms with Gasteiger partial charge in [0.05, 0.1) is 12.2 Å². The van der Waals surface area contributed by atoms with Crippen molar-refractivity contribution >= 4 is 5.91 Å². The third-order valence-electron chi connectivity index (χ3n) is 2.16. The molecule has 1 N–H and O–H groups in total. The van der Waals surface area contributed by atoms with Gasteiger partial charge in [0.15, 0.2) is 0 Å². The fourth-order valence-electron chi connectivity index (χ4n) is 1.33. The van der Waals surface area contributed by atoms with Crippen molar-refractivity contribution in [2.45, 2.75) is 33.7 Å². The molecule has 1 amide bonds. The van der Waals surface area contributed by atoms with Crippen molar-refractivity contribution in [3.8, 4) is 0 Å². The van der Waals surface area contributed by atoms with Crippen molar-refractivity contribution in [2.24, 2.45) is 5.92 Å². The summed E-state index contributed by atoms with van der Waals surface area (Å²) in [4.78, 5) is 15.6. The van der Waals surface area contributed by atoms with E-state index < -0.39 is 0 Å². The van der Waals surface area contributed by atoms with E-state index in [2.05, 4.69) is 10.3 Å². The molecule has 0 saturated heterocycles. The molecule has 0 spiro atoms. The molecular weight excluding hydrogens is 188 g/mol. The summed E-state index contributed by atoms with van der Waals surface area (Å²) in [6, 6.07) is 3.89. The summed E-state index contributed by atoms with van der Waals surface area (Å²) in [5.41, 5.74) is 2.05. The van der Waals surface area contributed by atoms with Gasteiger partial charge in [-0.2, -0.15) is 0 Å². The van der Waals surface area contributed by atoms with Gasteiger partial charge in [-0.25, -0.2) is 0 Å². The first-order valence-electron chi connectivity index (χ1n) is 5.26. The predicted molar refractivity (Wildman–Crippen MR) is 60.3 cm³/mol. The van der Waals surface area contributed by atoms with Crippen LogP contribution >= 0.6 is 0 Å². The van der Waals surface area contributed by atoms with Gasteiger partial charge in [0.1, 0.15) is 0 Å². The SMILES string of the molecule is Cc1cccnc1CNC(=O)CC(C)C. The van der Waals surface area contributed by atoms with E-state index in [1.54, 1.807) is 6.20 Å². The van der Waals surface area contributed by atoms with Gasteiger partial charge >= 0.3 is 0 Å². The van der Waals surface area contributed by atoms with Crippen LogP contribution in [0.1, 0.15) is 31.5 Å². The van der Waals surface area contributed by atoms with E-state index in [0.717, 1.165) is 11.3 Å². The van der Waals surface area contributed by atoms with E-state index in [0.29, 0.717) is 18.9 Å². The minimum atomic E-state index is 0.0926. The predicted octanol–water partition coefficient (Wildman–Crippen LogP) is 2.05. The number of aromatic nitrogens is 1. The van der Waals surface area contributed by atoms with E-state index in [-0.39, 0.29) is 5.91 Å². The largest absolute Gasteiger partial charge is 0.350 e. The fraction of sp³-hybridized carbons (Fsp3) is 0.500. The lowest BCUT2D eigenvalue weighted by atomic mass is 10.1. The number of aryl methyl sites for hydroxylation is 1. The number of carbonyl (C=O) groups is 1. The summed E-state index contributed by atoms with van der Waals surface area (Å²) >= 11 is 0. The van der Waals surface area contributed by atoms with Gasteiger partial charge in [-0.15, -0.1) is 0 Å². The van der Waals surface area contributed by atoms with Crippen LogP contribution in [-0.2, 0) is 11.3 Å². The minimum Gasteiger partial charge on any atom is -0.350 e. The van der Waals surface area contributed by atoms with Gasteiger partial charge in [-0.3, -0.25) is 9.78 Å². The molecule has 3 nitrogen and oxygen atoms in total. The van der Waals surface area contributed by atoms with Crippen LogP contribution in [-0.4, -0.2) is 10.9 Å². The Morgan fingerprint density at radius 2 is 2.27 bits per heavy atom. The number of hydrogen-bond donors (Lipinski definition) is 1. The van der Waals surface area contributed by atoms with Crippen LogP contribution in [0.5, 0.6) is 0 Å². The van der Waals surface area contributed by atoms with Gasteiger partial charge < -0.3 is 5.32 Å². The Morgan fingerprint density at radius 3 is 2.87 bits per heavy atom. The lowest BCUT2D eigenvalue weighted by molar-refractivity contribution is -0.121. The number of nitrogens with zero attached hydrogens (tertiary/aromatic N) is 1. The van der Waals surface area contributed by atoms with Gasteiger partial charge in [0, 0.05) is 12.6 Å².